The highest BCUT2D eigenvalue weighted by molar-refractivity contribution is 14.1. The van der Waals surface area contributed by atoms with E-state index >= 15 is 0 Å². The highest BCUT2D eigenvalue weighted by Crippen LogP contribution is 2.30. The molecule has 0 bridgehead atoms. The number of fused-ring (bicyclic) bond motifs is 1. The van der Waals surface area contributed by atoms with E-state index in [1.54, 1.807) is 0 Å². The second-order valence-corrected chi connectivity index (χ2v) is 5.66. The van der Waals surface area contributed by atoms with Crippen molar-refractivity contribution < 1.29 is 9.50 Å². The van der Waals surface area contributed by atoms with E-state index in [2.05, 4.69) is 22.6 Å². The summed E-state index contributed by atoms with van der Waals surface area (Å²) in [4.78, 5) is 0. The van der Waals surface area contributed by atoms with Crippen molar-refractivity contribution in [2.75, 3.05) is 0 Å². The van der Waals surface area contributed by atoms with E-state index in [9.17, 15) is 4.39 Å². The van der Waals surface area contributed by atoms with Gasteiger partial charge in [-0.2, -0.15) is 0 Å². The van der Waals surface area contributed by atoms with Crippen LogP contribution in [0.2, 0.25) is 0 Å². The first-order chi connectivity index (χ1) is 6.20. The molecule has 4 heteroatoms. The quantitative estimate of drug-likeness (QED) is 0.803. The van der Waals surface area contributed by atoms with Gasteiger partial charge in [0.2, 0.25) is 0 Å². The highest BCUT2D eigenvalue weighted by atomic mass is 127. The third-order valence-corrected chi connectivity index (χ3v) is 3.67. The fourth-order valence-electron chi connectivity index (χ4n) is 1.27. The summed E-state index contributed by atoms with van der Waals surface area (Å²) >= 11 is 3.72. The monoisotopic (exact) mass is 308 g/mol. The number of hydrogen-bond donors (Lipinski definition) is 1. The molecule has 1 aromatic carbocycles. The molecule has 0 saturated heterocycles. The third kappa shape index (κ3) is 1.70. The molecular weight excluding hydrogens is 302 g/mol. The number of thiophene rings is 1. The molecule has 0 aliphatic rings. The number of rotatable bonds is 1. The van der Waals surface area contributed by atoms with Crippen LogP contribution in [0.4, 0.5) is 4.39 Å². The molecule has 0 saturated carbocycles. The van der Waals surface area contributed by atoms with Gasteiger partial charge < -0.3 is 5.11 Å². The minimum atomic E-state index is -0.283. The van der Waals surface area contributed by atoms with E-state index in [1.807, 2.05) is 6.07 Å². The first-order valence-electron chi connectivity index (χ1n) is 3.69. The smallest absolute Gasteiger partial charge is 0.125 e. The Morgan fingerprint density at radius 2 is 2.15 bits per heavy atom. The van der Waals surface area contributed by atoms with Crippen molar-refractivity contribution in [3.8, 4) is 0 Å². The van der Waals surface area contributed by atoms with Gasteiger partial charge in [-0.15, -0.1) is 11.3 Å². The number of aliphatic hydroxyl groups excluding tert-OH is 1. The minimum absolute atomic E-state index is 0.110. The molecule has 0 radical (unpaired) electrons. The highest BCUT2D eigenvalue weighted by Gasteiger charge is 2.06. The van der Waals surface area contributed by atoms with Crippen LogP contribution in [0.3, 0.4) is 0 Å². The van der Waals surface area contributed by atoms with Crippen LogP contribution in [0, 0.1) is 8.70 Å². The van der Waals surface area contributed by atoms with Gasteiger partial charge in [0.25, 0.3) is 0 Å². The molecule has 1 aromatic heterocycles. The average molecular weight is 308 g/mol. The second kappa shape index (κ2) is 3.51. The normalized spacial score (nSPS) is 11.0. The van der Waals surface area contributed by atoms with Crippen LogP contribution in [-0.4, -0.2) is 5.11 Å². The maximum Gasteiger partial charge on any atom is 0.125 e. The maximum absolute atomic E-state index is 13.0. The molecule has 1 N–H and O–H groups in total. The van der Waals surface area contributed by atoms with Crippen LogP contribution >= 0.6 is 33.9 Å². The molecule has 1 nitrogen and oxygen atoms in total. The van der Waals surface area contributed by atoms with Gasteiger partial charge in [-0.05, 0) is 51.7 Å². The summed E-state index contributed by atoms with van der Waals surface area (Å²) in [5.41, 5.74) is 0.661. The summed E-state index contributed by atoms with van der Waals surface area (Å²) in [5.74, 6) is -0.283. The number of benzene rings is 1. The van der Waals surface area contributed by atoms with Crippen LogP contribution in [0.25, 0.3) is 10.1 Å². The number of hydrogen-bond acceptors (Lipinski definition) is 2. The van der Waals surface area contributed by atoms with Gasteiger partial charge in [0.05, 0.1) is 9.49 Å². The molecule has 1 heterocycles. The van der Waals surface area contributed by atoms with Crippen molar-refractivity contribution in [3.05, 3.63) is 32.5 Å². The molecular formula is C9H6FIOS. The van der Waals surface area contributed by atoms with Gasteiger partial charge in [0, 0.05) is 4.70 Å². The van der Waals surface area contributed by atoms with Crippen LogP contribution < -0.4 is 0 Å². The zero-order chi connectivity index (χ0) is 9.42. The second-order valence-electron chi connectivity index (χ2n) is 2.69. The van der Waals surface area contributed by atoms with E-state index < -0.39 is 0 Å². The fourth-order valence-corrected chi connectivity index (χ4v) is 3.16. The van der Waals surface area contributed by atoms with Crippen LogP contribution in [0.15, 0.2) is 18.2 Å². The molecule has 0 amide bonds. The fraction of sp³-hybridized carbons (Fsp3) is 0.111. The molecule has 2 aromatic rings. The first-order valence-corrected chi connectivity index (χ1v) is 5.58. The van der Waals surface area contributed by atoms with Crippen LogP contribution in [0.5, 0.6) is 0 Å². The van der Waals surface area contributed by atoms with E-state index in [1.165, 1.54) is 23.5 Å². The average Bonchev–Trinajstić information content (AvgIpc) is 2.43. The third-order valence-electron chi connectivity index (χ3n) is 1.83. The standard InChI is InChI=1S/C9H6FIOS/c10-6-1-5(4-12)7-3-9(11)13-8(7)2-6/h1-3,12H,4H2. The molecule has 0 aliphatic carbocycles. The predicted octanol–water partition coefficient (Wildman–Crippen LogP) is 3.14. The summed E-state index contributed by atoms with van der Waals surface area (Å²) in [5, 5.41) is 9.96. The topological polar surface area (TPSA) is 20.2 Å². The molecule has 0 spiro atoms. The van der Waals surface area contributed by atoms with Gasteiger partial charge in [-0.1, -0.05) is 0 Å². The molecule has 0 atom stereocenters. The van der Waals surface area contributed by atoms with Gasteiger partial charge in [0.15, 0.2) is 0 Å². The lowest BCUT2D eigenvalue weighted by Gasteiger charge is -1.98. The SMILES string of the molecule is OCc1cc(F)cc2sc(I)cc12. The lowest BCUT2D eigenvalue weighted by molar-refractivity contribution is 0.283. The summed E-state index contributed by atoms with van der Waals surface area (Å²) in [6.45, 7) is -0.110. The zero-order valence-corrected chi connectivity index (χ0v) is 9.52. The summed E-state index contributed by atoms with van der Waals surface area (Å²) in [7, 11) is 0. The van der Waals surface area contributed by atoms with E-state index in [0.717, 1.165) is 13.0 Å². The van der Waals surface area contributed by atoms with Gasteiger partial charge >= 0.3 is 0 Å². The number of aliphatic hydroxyl groups is 1. The Morgan fingerprint density at radius 3 is 2.85 bits per heavy atom. The lowest BCUT2D eigenvalue weighted by atomic mass is 10.1. The van der Waals surface area contributed by atoms with Crippen molar-refractivity contribution in [3.63, 3.8) is 0 Å². The Kier molecular flexibility index (Phi) is 2.53. The van der Waals surface area contributed by atoms with E-state index in [-0.39, 0.29) is 12.4 Å². The molecule has 2 rings (SSSR count). The van der Waals surface area contributed by atoms with Gasteiger partial charge in [-0.25, -0.2) is 4.39 Å². The zero-order valence-electron chi connectivity index (χ0n) is 6.55. The molecule has 68 valence electrons. The Morgan fingerprint density at radius 1 is 1.38 bits per heavy atom. The Labute approximate surface area is 92.3 Å². The Bertz CT molecular complexity index is 452. The van der Waals surface area contributed by atoms with Crippen molar-refractivity contribution >= 4 is 44.0 Å². The molecule has 13 heavy (non-hydrogen) atoms. The molecule has 0 unspecified atom stereocenters. The number of halogens is 2. The van der Waals surface area contributed by atoms with Crippen molar-refractivity contribution in [1.82, 2.24) is 0 Å². The largest absolute Gasteiger partial charge is 0.392 e. The predicted molar refractivity (Wildman–Crippen MR) is 60.4 cm³/mol. The molecule has 0 aliphatic heterocycles. The lowest BCUT2D eigenvalue weighted by Crippen LogP contribution is -1.85. The van der Waals surface area contributed by atoms with Gasteiger partial charge in [0.1, 0.15) is 5.82 Å². The Balaban J connectivity index is 2.80. The maximum atomic E-state index is 13.0. The van der Waals surface area contributed by atoms with Crippen molar-refractivity contribution in [2.45, 2.75) is 6.61 Å². The summed E-state index contributed by atoms with van der Waals surface area (Å²) < 4.78 is 15.0. The van der Waals surface area contributed by atoms with E-state index in [4.69, 9.17) is 5.11 Å². The van der Waals surface area contributed by atoms with Crippen molar-refractivity contribution in [1.29, 1.82) is 0 Å². The van der Waals surface area contributed by atoms with E-state index in [0.29, 0.717) is 5.56 Å². The molecule has 0 fully saturated rings. The summed E-state index contributed by atoms with van der Waals surface area (Å²) in [6, 6.07) is 4.85. The van der Waals surface area contributed by atoms with Gasteiger partial charge in [-0.3, -0.25) is 0 Å². The van der Waals surface area contributed by atoms with Crippen LogP contribution in [0.1, 0.15) is 5.56 Å². The van der Waals surface area contributed by atoms with Crippen molar-refractivity contribution in [2.24, 2.45) is 0 Å². The Hall–Kier alpha value is -0.200. The minimum Gasteiger partial charge on any atom is -0.392 e. The first kappa shape index (κ1) is 9.36. The van der Waals surface area contributed by atoms with Crippen LogP contribution in [-0.2, 0) is 6.61 Å². The summed E-state index contributed by atoms with van der Waals surface area (Å²) in [6.07, 6.45) is 0.